The molecule has 0 bridgehead atoms. The number of carbonyl (C=O) groups is 2. The van der Waals surface area contributed by atoms with Crippen LogP contribution in [0.2, 0.25) is 0 Å². The Bertz CT molecular complexity index is 1030. The summed E-state index contributed by atoms with van der Waals surface area (Å²) in [5.74, 6) is 0.0330. The van der Waals surface area contributed by atoms with Gasteiger partial charge in [0.2, 0.25) is 11.8 Å². The number of likely N-dealkylation sites (tertiary alicyclic amines) is 1. The fourth-order valence-electron chi connectivity index (χ4n) is 5.49. The van der Waals surface area contributed by atoms with Crippen LogP contribution in [0.15, 0.2) is 48.5 Å². The largest absolute Gasteiger partial charge is 0.368 e. The summed E-state index contributed by atoms with van der Waals surface area (Å²) < 4.78 is 19.4. The Morgan fingerprint density at radius 3 is 2.47 bits per heavy atom. The average molecular weight is 465 g/mol. The van der Waals surface area contributed by atoms with Crippen LogP contribution in [0.1, 0.15) is 50.5 Å². The number of hydrogen-bond donors (Lipinski definition) is 1. The minimum Gasteiger partial charge on any atom is -0.368 e. The molecular weight excluding hydrogens is 431 g/mol. The Morgan fingerprint density at radius 1 is 0.971 bits per heavy atom. The molecule has 5 rings (SSSR count). The monoisotopic (exact) mass is 464 g/mol. The van der Waals surface area contributed by atoms with Gasteiger partial charge in [-0.2, -0.15) is 0 Å². The molecule has 2 amide bonds. The quantitative estimate of drug-likeness (QED) is 0.685. The summed E-state index contributed by atoms with van der Waals surface area (Å²) in [5, 5.41) is 3.24. The summed E-state index contributed by atoms with van der Waals surface area (Å²) >= 11 is 0. The van der Waals surface area contributed by atoms with Crippen molar-refractivity contribution in [1.29, 1.82) is 0 Å². The van der Waals surface area contributed by atoms with E-state index in [1.807, 2.05) is 23.1 Å². The number of nitrogens with one attached hydrogen (secondary N) is 1. The maximum Gasteiger partial charge on any atom is 0.249 e. The van der Waals surface area contributed by atoms with Crippen LogP contribution in [0.5, 0.6) is 0 Å². The van der Waals surface area contributed by atoms with Crippen LogP contribution < -0.4 is 5.32 Å². The predicted molar refractivity (Wildman–Crippen MR) is 129 cm³/mol. The highest BCUT2D eigenvalue weighted by molar-refractivity contribution is 5.82. The maximum absolute atomic E-state index is 13.8. The molecule has 1 saturated carbocycles. The van der Waals surface area contributed by atoms with E-state index in [0.717, 1.165) is 68.2 Å². The van der Waals surface area contributed by atoms with Gasteiger partial charge in [-0.1, -0.05) is 42.8 Å². The van der Waals surface area contributed by atoms with E-state index < -0.39 is 0 Å². The van der Waals surface area contributed by atoms with Gasteiger partial charge in [-0.3, -0.25) is 9.59 Å². The number of carbonyl (C=O) groups excluding carboxylic acids is 2. The Kier molecular flexibility index (Phi) is 6.95. The van der Waals surface area contributed by atoms with Crippen LogP contribution in [0, 0.1) is 11.7 Å². The number of nitrogens with zero attached hydrogens (tertiary/aromatic N) is 1. The Hall–Kier alpha value is -2.73. The predicted octanol–water partition coefficient (Wildman–Crippen LogP) is 4.49. The van der Waals surface area contributed by atoms with Crippen LogP contribution in [-0.4, -0.2) is 48.1 Å². The zero-order chi connectivity index (χ0) is 23.5. The van der Waals surface area contributed by atoms with Gasteiger partial charge in [-0.05, 0) is 73.8 Å². The second-order valence-electron chi connectivity index (χ2n) is 9.90. The normalized spacial score (nSPS) is 25.1. The van der Waals surface area contributed by atoms with Gasteiger partial charge in [-0.15, -0.1) is 0 Å². The number of piperidine rings is 1. The van der Waals surface area contributed by atoms with Gasteiger partial charge in [0, 0.05) is 25.1 Å². The molecule has 6 heteroatoms. The van der Waals surface area contributed by atoms with E-state index in [1.54, 1.807) is 6.07 Å². The molecule has 2 saturated heterocycles. The van der Waals surface area contributed by atoms with Crippen molar-refractivity contribution in [1.82, 2.24) is 10.2 Å². The lowest BCUT2D eigenvalue weighted by Gasteiger charge is -2.44. The average Bonchev–Trinajstić information content (AvgIpc) is 3.34. The maximum atomic E-state index is 13.8. The number of benzene rings is 2. The summed E-state index contributed by atoms with van der Waals surface area (Å²) in [6.07, 6.45) is 6.70. The Morgan fingerprint density at radius 2 is 1.76 bits per heavy atom. The van der Waals surface area contributed by atoms with Crippen molar-refractivity contribution in [3.8, 4) is 11.1 Å². The van der Waals surface area contributed by atoms with Crippen molar-refractivity contribution < 1.29 is 18.7 Å². The molecule has 2 heterocycles. The van der Waals surface area contributed by atoms with Crippen LogP contribution in [0.25, 0.3) is 11.1 Å². The van der Waals surface area contributed by atoms with E-state index in [9.17, 15) is 14.0 Å². The van der Waals surface area contributed by atoms with Gasteiger partial charge < -0.3 is 15.0 Å². The van der Waals surface area contributed by atoms with E-state index in [2.05, 4.69) is 17.4 Å². The highest BCUT2D eigenvalue weighted by atomic mass is 19.1. The molecule has 1 aliphatic carbocycles. The summed E-state index contributed by atoms with van der Waals surface area (Å²) in [7, 11) is 0. The van der Waals surface area contributed by atoms with Crippen LogP contribution >= 0.6 is 0 Å². The third-order valence-electron chi connectivity index (χ3n) is 7.60. The van der Waals surface area contributed by atoms with Crippen molar-refractivity contribution in [3.63, 3.8) is 0 Å². The molecule has 0 radical (unpaired) electrons. The molecule has 2 aromatic rings. The lowest BCUT2D eigenvalue weighted by Crippen LogP contribution is -2.60. The van der Waals surface area contributed by atoms with Crippen LogP contribution in [-0.2, 0) is 20.7 Å². The van der Waals surface area contributed by atoms with Crippen molar-refractivity contribution in [2.45, 2.75) is 69.6 Å². The molecule has 180 valence electrons. The Labute approximate surface area is 200 Å². The highest BCUT2D eigenvalue weighted by Gasteiger charge is 2.40. The van der Waals surface area contributed by atoms with Gasteiger partial charge in [0.1, 0.15) is 11.9 Å². The second-order valence-corrected chi connectivity index (χ2v) is 9.90. The first kappa shape index (κ1) is 23.0. The van der Waals surface area contributed by atoms with Gasteiger partial charge >= 0.3 is 0 Å². The molecule has 3 fully saturated rings. The molecule has 0 aromatic heterocycles. The molecule has 3 atom stereocenters. The standard InChI is InChI=1S/C28H33FN2O3/c29-23-11-3-10-22(18-23)21-9-1-6-19(16-21)17-25-24(30-27(32)26-13-5-15-34-26)12-4-14-31(25)28(33)20-7-2-8-20/h1,3,6,9-11,16,18,20,24-26H,2,4-5,7-8,12-15,17H2,(H,30,32)/t24-,25-,26-/m0/s1. The van der Waals surface area contributed by atoms with E-state index in [4.69, 9.17) is 4.74 Å². The lowest BCUT2D eigenvalue weighted by atomic mass is 9.82. The van der Waals surface area contributed by atoms with Crippen LogP contribution in [0.3, 0.4) is 0 Å². The number of amides is 2. The summed E-state index contributed by atoms with van der Waals surface area (Å²) in [4.78, 5) is 28.3. The molecule has 0 unspecified atom stereocenters. The molecule has 34 heavy (non-hydrogen) atoms. The third-order valence-corrected chi connectivity index (χ3v) is 7.60. The molecule has 2 aromatic carbocycles. The fourth-order valence-corrected chi connectivity index (χ4v) is 5.49. The topological polar surface area (TPSA) is 58.6 Å². The highest BCUT2D eigenvalue weighted by Crippen LogP contribution is 2.32. The molecular formula is C28H33FN2O3. The van der Waals surface area contributed by atoms with E-state index in [1.165, 1.54) is 12.1 Å². The fraction of sp³-hybridized carbons (Fsp3) is 0.500. The number of ether oxygens (including phenoxy) is 1. The van der Waals surface area contributed by atoms with Crippen molar-refractivity contribution >= 4 is 11.8 Å². The third kappa shape index (κ3) is 5.02. The zero-order valence-electron chi connectivity index (χ0n) is 19.5. The van der Waals surface area contributed by atoms with Gasteiger partial charge in [0.15, 0.2) is 0 Å². The van der Waals surface area contributed by atoms with Crippen molar-refractivity contribution in [3.05, 3.63) is 59.9 Å². The van der Waals surface area contributed by atoms with E-state index in [-0.39, 0.29) is 41.7 Å². The molecule has 5 nitrogen and oxygen atoms in total. The SMILES string of the molecule is O=C(N[C@H]1CCCN(C(=O)C2CCC2)[C@H]1Cc1cccc(-c2cccc(F)c2)c1)[C@@H]1CCCO1. The smallest absolute Gasteiger partial charge is 0.249 e. The summed E-state index contributed by atoms with van der Waals surface area (Å²) in [6.45, 7) is 1.36. The summed E-state index contributed by atoms with van der Waals surface area (Å²) in [5.41, 5.74) is 2.86. The summed E-state index contributed by atoms with van der Waals surface area (Å²) in [6, 6.07) is 14.5. The Balaban J connectivity index is 1.39. The first-order valence-corrected chi connectivity index (χ1v) is 12.7. The first-order chi connectivity index (χ1) is 16.6. The molecule has 2 aliphatic heterocycles. The number of halogens is 1. The van der Waals surface area contributed by atoms with Gasteiger partial charge in [0.25, 0.3) is 0 Å². The molecule has 0 spiro atoms. The number of hydrogen-bond acceptors (Lipinski definition) is 3. The number of rotatable bonds is 6. The zero-order valence-corrected chi connectivity index (χ0v) is 19.5. The van der Waals surface area contributed by atoms with Crippen molar-refractivity contribution in [2.75, 3.05) is 13.2 Å². The van der Waals surface area contributed by atoms with Crippen molar-refractivity contribution in [2.24, 2.45) is 5.92 Å². The lowest BCUT2D eigenvalue weighted by molar-refractivity contribution is -0.144. The van der Waals surface area contributed by atoms with E-state index in [0.29, 0.717) is 13.0 Å². The van der Waals surface area contributed by atoms with E-state index >= 15 is 0 Å². The van der Waals surface area contributed by atoms with Crippen LogP contribution in [0.4, 0.5) is 4.39 Å². The second kappa shape index (κ2) is 10.3. The first-order valence-electron chi connectivity index (χ1n) is 12.7. The molecule has 1 N–H and O–H groups in total. The minimum atomic E-state index is -0.380. The minimum absolute atomic E-state index is 0.0565. The van der Waals surface area contributed by atoms with Gasteiger partial charge in [0.05, 0.1) is 6.04 Å². The van der Waals surface area contributed by atoms with Gasteiger partial charge in [-0.25, -0.2) is 4.39 Å². The molecule has 3 aliphatic rings.